The number of aryl methyl sites for hydroxylation is 2. The molecule has 0 N–H and O–H groups in total. The number of aromatic nitrogens is 1. The lowest BCUT2D eigenvalue weighted by molar-refractivity contribution is 0.0996. The van der Waals surface area contributed by atoms with Crippen LogP contribution in [0.5, 0.6) is 0 Å². The number of nitrogens with zero attached hydrogens (tertiary/aromatic N) is 1. The van der Waals surface area contributed by atoms with Gasteiger partial charge in [0.05, 0.1) is 20.8 Å². The third-order valence-corrected chi connectivity index (χ3v) is 6.67. The van der Waals surface area contributed by atoms with Gasteiger partial charge in [0.25, 0.3) is 0 Å². The second-order valence-electron chi connectivity index (χ2n) is 3.58. The topological polar surface area (TPSA) is 30.0 Å². The molecule has 90 valence electrons. The number of ketones is 1. The summed E-state index contributed by atoms with van der Waals surface area (Å²) in [6.07, 6.45) is 0.388. The number of Topliss-reactive ketones (excluding diaryl/α,β-unsaturated/α-hetero) is 1. The first-order valence-electron chi connectivity index (χ1n) is 4.88. The second-order valence-corrected chi connectivity index (χ2v) is 8.09. The lowest BCUT2D eigenvalue weighted by atomic mass is 10.2. The number of halogens is 2. The van der Waals surface area contributed by atoms with Gasteiger partial charge >= 0.3 is 0 Å². The molecule has 0 aliphatic carbocycles. The fourth-order valence-electron chi connectivity index (χ4n) is 1.32. The Bertz CT molecular complexity index is 535. The zero-order valence-corrected chi connectivity index (χ0v) is 14.0. The summed E-state index contributed by atoms with van der Waals surface area (Å²) < 4.78 is 1.88. The van der Waals surface area contributed by atoms with E-state index in [1.54, 1.807) is 11.3 Å². The molecule has 0 amide bonds. The van der Waals surface area contributed by atoms with Gasteiger partial charge in [0.2, 0.25) is 0 Å². The molecular weight excluding hydrogens is 386 g/mol. The van der Waals surface area contributed by atoms with E-state index in [0.717, 1.165) is 23.8 Å². The highest BCUT2D eigenvalue weighted by Gasteiger charge is 2.15. The minimum Gasteiger partial charge on any atom is -0.293 e. The summed E-state index contributed by atoms with van der Waals surface area (Å²) in [5.41, 5.74) is 1.02. The molecule has 0 unspecified atom stereocenters. The smallest absolute Gasteiger partial charge is 0.179 e. The number of carbonyl (C=O) groups excluding carboxylic acids is 1. The van der Waals surface area contributed by atoms with Gasteiger partial charge in [0.15, 0.2) is 5.78 Å². The van der Waals surface area contributed by atoms with E-state index >= 15 is 0 Å². The Kier molecular flexibility index (Phi) is 4.18. The Balaban J connectivity index is 2.16. The van der Waals surface area contributed by atoms with Gasteiger partial charge in [-0.05, 0) is 51.8 Å². The van der Waals surface area contributed by atoms with Crippen LogP contribution in [0.2, 0.25) is 0 Å². The highest BCUT2D eigenvalue weighted by molar-refractivity contribution is 9.13. The first-order valence-corrected chi connectivity index (χ1v) is 8.10. The van der Waals surface area contributed by atoms with Crippen LogP contribution in [0.25, 0.3) is 0 Å². The predicted molar refractivity (Wildman–Crippen MR) is 79.3 cm³/mol. The van der Waals surface area contributed by atoms with Gasteiger partial charge in [0.1, 0.15) is 5.01 Å². The summed E-state index contributed by atoms with van der Waals surface area (Å²) >= 11 is 9.82. The summed E-state index contributed by atoms with van der Waals surface area (Å²) in [5, 5.41) is 0.894. The predicted octanol–water partition coefficient (Wildman–Crippen LogP) is 4.77. The Hall–Kier alpha value is -0.0400. The molecule has 2 heterocycles. The lowest BCUT2D eigenvalue weighted by Gasteiger charge is -1.92. The van der Waals surface area contributed by atoms with E-state index in [-0.39, 0.29) is 5.78 Å². The summed E-state index contributed by atoms with van der Waals surface area (Å²) in [7, 11) is 0. The molecule has 2 aromatic heterocycles. The van der Waals surface area contributed by atoms with Crippen LogP contribution in [0, 0.1) is 13.8 Å². The number of hydrogen-bond donors (Lipinski definition) is 0. The van der Waals surface area contributed by atoms with E-state index in [1.807, 2.05) is 19.9 Å². The van der Waals surface area contributed by atoms with Gasteiger partial charge in [-0.1, -0.05) is 0 Å². The van der Waals surface area contributed by atoms with E-state index < -0.39 is 0 Å². The molecule has 0 aromatic carbocycles. The second kappa shape index (κ2) is 5.30. The average molecular weight is 395 g/mol. The largest absolute Gasteiger partial charge is 0.293 e. The van der Waals surface area contributed by atoms with Crippen molar-refractivity contribution in [1.29, 1.82) is 0 Å². The average Bonchev–Trinajstić information content (AvgIpc) is 2.73. The van der Waals surface area contributed by atoms with Crippen LogP contribution in [0.1, 0.15) is 25.3 Å². The summed E-state index contributed by atoms with van der Waals surface area (Å²) in [4.78, 5) is 18.4. The maximum atomic E-state index is 12.0. The molecular formula is C11H9Br2NOS2. The number of thiazole rings is 1. The standard InChI is InChI=1S/C11H9Br2NOS2/c1-5-6(2)16-10(14-5)4-8(15)9-3-7(12)11(13)17-9/h3H,4H2,1-2H3. The molecule has 6 heteroatoms. The molecule has 0 saturated heterocycles. The van der Waals surface area contributed by atoms with Gasteiger partial charge in [-0.15, -0.1) is 22.7 Å². The lowest BCUT2D eigenvalue weighted by Crippen LogP contribution is -2.00. The van der Waals surface area contributed by atoms with Crippen LogP contribution in [0.3, 0.4) is 0 Å². The van der Waals surface area contributed by atoms with Crippen molar-refractivity contribution in [2.75, 3.05) is 0 Å². The molecule has 0 spiro atoms. The quantitative estimate of drug-likeness (QED) is 0.701. The van der Waals surface area contributed by atoms with Gasteiger partial charge < -0.3 is 0 Å². The van der Waals surface area contributed by atoms with Crippen molar-refractivity contribution in [3.8, 4) is 0 Å². The van der Waals surface area contributed by atoms with Crippen LogP contribution >= 0.6 is 54.5 Å². The Morgan fingerprint density at radius 3 is 2.53 bits per heavy atom. The third kappa shape index (κ3) is 3.05. The number of carbonyl (C=O) groups is 1. The van der Waals surface area contributed by atoms with Gasteiger partial charge in [0, 0.05) is 9.35 Å². The molecule has 0 bridgehead atoms. The van der Waals surface area contributed by atoms with Crippen LogP contribution in [-0.4, -0.2) is 10.8 Å². The highest BCUT2D eigenvalue weighted by atomic mass is 79.9. The maximum absolute atomic E-state index is 12.0. The maximum Gasteiger partial charge on any atom is 0.179 e. The van der Waals surface area contributed by atoms with Crippen LogP contribution in [0.4, 0.5) is 0 Å². The van der Waals surface area contributed by atoms with Crippen LogP contribution in [-0.2, 0) is 6.42 Å². The van der Waals surface area contributed by atoms with Crippen molar-refractivity contribution in [2.24, 2.45) is 0 Å². The Morgan fingerprint density at radius 2 is 2.06 bits per heavy atom. The summed E-state index contributed by atoms with van der Waals surface area (Å²) in [5.74, 6) is 0.121. The van der Waals surface area contributed by atoms with Crippen molar-refractivity contribution in [3.63, 3.8) is 0 Å². The molecule has 17 heavy (non-hydrogen) atoms. The fourth-order valence-corrected chi connectivity index (χ4v) is 4.23. The van der Waals surface area contributed by atoms with Gasteiger partial charge in [-0.3, -0.25) is 4.79 Å². The highest BCUT2D eigenvalue weighted by Crippen LogP contribution is 2.33. The van der Waals surface area contributed by atoms with Crippen LogP contribution < -0.4 is 0 Å². The van der Waals surface area contributed by atoms with Crippen molar-refractivity contribution < 1.29 is 4.79 Å². The monoisotopic (exact) mass is 393 g/mol. The Morgan fingerprint density at radius 1 is 1.35 bits per heavy atom. The van der Waals surface area contributed by atoms with Crippen molar-refractivity contribution in [2.45, 2.75) is 20.3 Å². The van der Waals surface area contributed by atoms with Crippen molar-refractivity contribution in [1.82, 2.24) is 4.98 Å². The van der Waals surface area contributed by atoms with Crippen molar-refractivity contribution in [3.05, 3.63) is 34.8 Å². The van der Waals surface area contributed by atoms with Crippen LogP contribution in [0.15, 0.2) is 14.3 Å². The summed E-state index contributed by atoms with van der Waals surface area (Å²) in [6, 6.07) is 1.85. The first kappa shape index (κ1) is 13.4. The summed E-state index contributed by atoms with van der Waals surface area (Å²) in [6.45, 7) is 4.00. The van der Waals surface area contributed by atoms with Gasteiger partial charge in [-0.25, -0.2) is 4.98 Å². The molecule has 2 nitrogen and oxygen atoms in total. The zero-order chi connectivity index (χ0) is 12.6. The van der Waals surface area contributed by atoms with E-state index in [1.165, 1.54) is 16.2 Å². The fraction of sp³-hybridized carbons (Fsp3) is 0.273. The number of rotatable bonds is 3. The number of hydrogen-bond acceptors (Lipinski definition) is 4. The van der Waals surface area contributed by atoms with E-state index in [0.29, 0.717) is 6.42 Å². The number of thiophene rings is 1. The van der Waals surface area contributed by atoms with E-state index in [9.17, 15) is 4.79 Å². The van der Waals surface area contributed by atoms with Gasteiger partial charge in [-0.2, -0.15) is 0 Å². The molecule has 0 aliphatic rings. The SMILES string of the molecule is Cc1nc(CC(=O)c2cc(Br)c(Br)s2)sc1C. The first-order chi connectivity index (χ1) is 7.97. The molecule has 0 aliphatic heterocycles. The van der Waals surface area contributed by atoms with E-state index in [2.05, 4.69) is 36.8 Å². The van der Waals surface area contributed by atoms with E-state index in [4.69, 9.17) is 0 Å². The molecule has 2 rings (SSSR count). The molecule has 0 fully saturated rings. The minimum atomic E-state index is 0.121. The molecule has 0 radical (unpaired) electrons. The molecule has 0 saturated carbocycles. The molecule has 0 atom stereocenters. The zero-order valence-electron chi connectivity index (χ0n) is 9.21. The van der Waals surface area contributed by atoms with Crippen molar-refractivity contribution >= 4 is 60.3 Å². The third-order valence-electron chi connectivity index (χ3n) is 2.30. The minimum absolute atomic E-state index is 0.121. The normalized spacial score (nSPS) is 10.8. The molecule has 2 aromatic rings. The Labute approximate surface area is 124 Å².